The zero-order valence-corrected chi connectivity index (χ0v) is 8.28. The lowest BCUT2D eigenvalue weighted by Gasteiger charge is -2.04. The number of esters is 1. The summed E-state index contributed by atoms with van der Waals surface area (Å²) in [6, 6.07) is 0. The van der Waals surface area contributed by atoms with Crippen LogP contribution < -0.4 is 0 Å². The van der Waals surface area contributed by atoms with Crippen LogP contribution in [0.5, 0.6) is 0 Å². The van der Waals surface area contributed by atoms with E-state index < -0.39 is 6.10 Å². The molecular formula is C7H11IO3. The van der Waals surface area contributed by atoms with Crippen molar-refractivity contribution in [3.05, 3.63) is 12.7 Å². The summed E-state index contributed by atoms with van der Waals surface area (Å²) in [6.45, 7) is 3.61. The van der Waals surface area contributed by atoms with Crippen LogP contribution in [0.4, 0.5) is 0 Å². The van der Waals surface area contributed by atoms with Crippen molar-refractivity contribution < 1.29 is 14.6 Å². The van der Waals surface area contributed by atoms with Gasteiger partial charge in [0, 0.05) is 4.43 Å². The Morgan fingerprint density at radius 1 is 1.82 bits per heavy atom. The van der Waals surface area contributed by atoms with E-state index in [9.17, 15) is 4.79 Å². The molecule has 64 valence electrons. The average Bonchev–Trinajstić information content (AvgIpc) is 2.00. The number of aliphatic hydroxyl groups is 1. The number of hydrogen-bond acceptors (Lipinski definition) is 3. The third kappa shape index (κ3) is 6.30. The first-order valence-electron chi connectivity index (χ1n) is 3.21. The molecule has 11 heavy (non-hydrogen) atoms. The molecule has 0 radical (unpaired) electrons. The van der Waals surface area contributed by atoms with Gasteiger partial charge in [0.1, 0.15) is 6.61 Å². The maximum Gasteiger partial charge on any atom is 0.308 e. The minimum absolute atomic E-state index is 0.0662. The van der Waals surface area contributed by atoms with Crippen molar-refractivity contribution in [2.75, 3.05) is 11.0 Å². The van der Waals surface area contributed by atoms with E-state index in [1.165, 1.54) is 6.08 Å². The van der Waals surface area contributed by atoms with Crippen LogP contribution in [0.3, 0.4) is 0 Å². The topological polar surface area (TPSA) is 46.5 Å². The molecule has 0 saturated carbocycles. The van der Waals surface area contributed by atoms with Crippen LogP contribution in [0.2, 0.25) is 0 Å². The van der Waals surface area contributed by atoms with E-state index in [0.29, 0.717) is 4.43 Å². The van der Waals surface area contributed by atoms with Crippen LogP contribution in [-0.2, 0) is 9.53 Å². The summed E-state index contributed by atoms with van der Waals surface area (Å²) >= 11 is 2.01. The van der Waals surface area contributed by atoms with Gasteiger partial charge in [0.2, 0.25) is 0 Å². The van der Waals surface area contributed by atoms with Gasteiger partial charge in [0.15, 0.2) is 0 Å². The number of alkyl halides is 1. The van der Waals surface area contributed by atoms with Crippen molar-refractivity contribution in [3.63, 3.8) is 0 Å². The average molecular weight is 270 g/mol. The van der Waals surface area contributed by atoms with Gasteiger partial charge in [-0.25, -0.2) is 0 Å². The number of ether oxygens (including phenoxy) is 1. The zero-order chi connectivity index (χ0) is 8.69. The standard InChI is InChI=1S/C7H11IO3/c1-2-3-11-7(10)4-6(9)5-8/h2,6,9H,1,3-5H2. The highest BCUT2D eigenvalue weighted by Gasteiger charge is 2.09. The molecule has 0 aromatic heterocycles. The minimum atomic E-state index is -0.590. The van der Waals surface area contributed by atoms with E-state index in [1.54, 1.807) is 0 Å². The number of carbonyl (C=O) groups excluding carboxylic acids is 1. The summed E-state index contributed by atoms with van der Waals surface area (Å²) in [5.41, 5.74) is 0. The van der Waals surface area contributed by atoms with Gasteiger partial charge in [-0.3, -0.25) is 4.79 Å². The highest BCUT2D eigenvalue weighted by Crippen LogP contribution is 1.98. The second kappa shape index (κ2) is 6.60. The number of hydrogen-bond donors (Lipinski definition) is 1. The van der Waals surface area contributed by atoms with E-state index in [4.69, 9.17) is 5.11 Å². The van der Waals surface area contributed by atoms with E-state index in [2.05, 4.69) is 11.3 Å². The molecule has 0 aliphatic heterocycles. The summed E-state index contributed by atoms with van der Waals surface area (Å²) in [7, 11) is 0. The quantitative estimate of drug-likeness (QED) is 0.349. The Labute approximate surface area is 79.6 Å². The molecule has 1 N–H and O–H groups in total. The molecule has 0 rings (SSSR count). The summed E-state index contributed by atoms with van der Waals surface area (Å²) in [6.07, 6.45) is 0.971. The first-order valence-corrected chi connectivity index (χ1v) is 4.73. The second-order valence-corrected chi connectivity index (χ2v) is 2.86. The monoisotopic (exact) mass is 270 g/mol. The van der Waals surface area contributed by atoms with Crippen molar-refractivity contribution in [2.24, 2.45) is 0 Å². The van der Waals surface area contributed by atoms with E-state index >= 15 is 0 Å². The van der Waals surface area contributed by atoms with Crippen molar-refractivity contribution in [2.45, 2.75) is 12.5 Å². The predicted molar refractivity (Wildman–Crippen MR) is 50.7 cm³/mol. The van der Waals surface area contributed by atoms with Gasteiger partial charge in [-0.15, -0.1) is 0 Å². The van der Waals surface area contributed by atoms with Gasteiger partial charge in [0.05, 0.1) is 12.5 Å². The van der Waals surface area contributed by atoms with E-state index in [-0.39, 0.29) is 19.0 Å². The summed E-state index contributed by atoms with van der Waals surface area (Å²) < 4.78 is 5.19. The fraction of sp³-hybridized carbons (Fsp3) is 0.571. The Morgan fingerprint density at radius 3 is 2.91 bits per heavy atom. The fourth-order valence-corrected chi connectivity index (χ4v) is 0.769. The number of rotatable bonds is 5. The Hall–Kier alpha value is -0.100. The lowest BCUT2D eigenvalue weighted by Crippen LogP contribution is -2.16. The third-order valence-electron chi connectivity index (χ3n) is 0.943. The molecular weight excluding hydrogens is 259 g/mol. The van der Waals surface area contributed by atoms with Gasteiger partial charge in [-0.05, 0) is 0 Å². The van der Waals surface area contributed by atoms with Crippen LogP contribution in [0, 0.1) is 0 Å². The highest BCUT2D eigenvalue weighted by atomic mass is 127. The van der Waals surface area contributed by atoms with Crippen LogP contribution in [0.25, 0.3) is 0 Å². The maximum absolute atomic E-state index is 10.7. The van der Waals surface area contributed by atoms with Crippen LogP contribution in [0.1, 0.15) is 6.42 Å². The molecule has 0 aliphatic rings. The van der Waals surface area contributed by atoms with Crippen LogP contribution in [0.15, 0.2) is 12.7 Å². The van der Waals surface area contributed by atoms with Gasteiger partial charge < -0.3 is 9.84 Å². The molecule has 0 aliphatic carbocycles. The molecule has 0 aromatic carbocycles. The lowest BCUT2D eigenvalue weighted by atomic mass is 10.3. The molecule has 1 atom stereocenters. The molecule has 0 amide bonds. The molecule has 3 nitrogen and oxygen atoms in total. The van der Waals surface area contributed by atoms with E-state index in [1.807, 2.05) is 22.6 Å². The molecule has 0 fully saturated rings. The molecule has 4 heteroatoms. The number of aliphatic hydroxyl groups excluding tert-OH is 1. The van der Waals surface area contributed by atoms with Crippen molar-refractivity contribution in [1.82, 2.24) is 0 Å². The van der Waals surface area contributed by atoms with Gasteiger partial charge >= 0.3 is 5.97 Å². The highest BCUT2D eigenvalue weighted by molar-refractivity contribution is 14.1. The fourth-order valence-electron chi connectivity index (χ4n) is 0.458. The Bertz CT molecular complexity index is 136. The summed E-state index contributed by atoms with van der Waals surface area (Å²) in [5.74, 6) is -0.380. The molecule has 1 unspecified atom stereocenters. The Kier molecular flexibility index (Phi) is 6.54. The maximum atomic E-state index is 10.7. The zero-order valence-electron chi connectivity index (χ0n) is 6.12. The summed E-state index contributed by atoms with van der Waals surface area (Å²) in [4.78, 5) is 10.7. The number of carbonyl (C=O) groups is 1. The normalized spacial score (nSPS) is 12.2. The van der Waals surface area contributed by atoms with Gasteiger partial charge in [-0.2, -0.15) is 0 Å². The first kappa shape index (κ1) is 10.9. The summed E-state index contributed by atoms with van der Waals surface area (Å²) in [5, 5.41) is 8.99. The molecule has 0 aromatic rings. The second-order valence-electron chi connectivity index (χ2n) is 1.98. The molecule has 0 heterocycles. The smallest absolute Gasteiger partial charge is 0.308 e. The lowest BCUT2D eigenvalue weighted by molar-refractivity contribution is -0.144. The number of halogens is 1. The Balaban J connectivity index is 3.43. The largest absolute Gasteiger partial charge is 0.461 e. The van der Waals surface area contributed by atoms with Crippen molar-refractivity contribution in [1.29, 1.82) is 0 Å². The SMILES string of the molecule is C=CCOC(=O)CC(O)CI. The predicted octanol–water partition coefficient (Wildman–Crippen LogP) is 0.902. The van der Waals surface area contributed by atoms with E-state index in [0.717, 1.165) is 0 Å². The van der Waals surface area contributed by atoms with Crippen LogP contribution >= 0.6 is 22.6 Å². The Morgan fingerprint density at radius 2 is 2.45 bits per heavy atom. The van der Waals surface area contributed by atoms with Crippen molar-refractivity contribution in [3.8, 4) is 0 Å². The third-order valence-corrected chi connectivity index (χ3v) is 1.96. The van der Waals surface area contributed by atoms with Gasteiger partial charge in [-0.1, -0.05) is 35.2 Å². The molecule has 0 spiro atoms. The van der Waals surface area contributed by atoms with Crippen LogP contribution in [-0.4, -0.2) is 28.2 Å². The molecule has 0 saturated heterocycles. The van der Waals surface area contributed by atoms with Gasteiger partial charge in [0.25, 0.3) is 0 Å². The molecule has 0 bridgehead atoms. The first-order chi connectivity index (χ1) is 5.20. The minimum Gasteiger partial charge on any atom is -0.461 e. The van der Waals surface area contributed by atoms with Crippen molar-refractivity contribution >= 4 is 28.6 Å².